The monoisotopic (exact) mass is 249 g/mol. The van der Waals surface area contributed by atoms with E-state index in [2.05, 4.69) is 43.3 Å². The second-order valence-corrected chi connectivity index (χ2v) is 5.38. The molecule has 0 spiro atoms. The molecule has 0 fully saturated rings. The predicted octanol–water partition coefficient (Wildman–Crippen LogP) is 2.93. The maximum atomic E-state index is 4.18. The number of nitrogens with zero attached hydrogens (tertiary/aromatic N) is 2. The topological polar surface area (TPSA) is 29.9 Å². The molecule has 0 aliphatic carbocycles. The van der Waals surface area contributed by atoms with Crippen molar-refractivity contribution >= 4 is 0 Å². The van der Waals surface area contributed by atoms with Gasteiger partial charge in [-0.2, -0.15) is 5.10 Å². The van der Waals surface area contributed by atoms with Gasteiger partial charge < -0.3 is 5.32 Å². The Balaban J connectivity index is 2.16. The molecule has 0 saturated carbocycles. The van der Waals surface area contributed by atoms with Crippen molar-refractivity contribution in [3.63, 3.8) is 0 Å². The van der Waals surface area contributed by atoms with Gasteiger partial charge in [0, 0.05) is 18.9 Å². The van der Waals surface area contributed by atoms with Gasteiger partial charge in [0.2, 0.25) is 0 Å². The summed E-state index contributed by atoms with van der Waals surface area (Å²) in [5.74, 6) is 0.736. The third kappa shape index (κ3) is 6.01. The van der Waals surface area contributed by atoms with Gasteiger partial charge in [0.25, 0.3) is 0 Å². The molecule has 1 aromatic rings. The van der Waals surface area contributed by atoms with E-state index in [9.17, 15) is 0 Å². The highest BCUT2D eigenvalue weighted by Gasteiger charge is 1.98. The Morgan fingerprint density at radius 1 is 1.50 bits per heavy atom. The molecule has 0 aromatic carbocycles. The first-order chi connectivity index (χ1) is 8.59. The standard InChI is InChI=1S/C15H27N3/c1-13(2)12-16-10-5-6-14(3)7-8-15-9-11-17-18(15)4/h6,9,11,13,16H,5,7-8,10,12H2,1-4H3/b14-6-. The van der Waals surface area contributed by atoms with Gasteiger partial charge in [-0.1, -0.05) is 25.5 Å². The van der Waals surface area contributed by atoms with Crippen molar-refractivity contribution in [1.29, 1.82) is 0 Å². The number of nitrogens with one attached hydrogen (secondary N) is 1. The van der Waals surface area contributed by atoms with E-state index < -0.39 is 0 Å². The Hall–Kier alpha value is -1.09. The van der Waals surface area contributed by atoms with E-state index >= 15 is 0 Å². The summed E-state index contributed by atoms with van der Waals surface area (Å²) in [4.78, 5) is 0. The average molecular weight is 249 g/mol. The quantitative estimate of drug-likeness (QED) is 0.567. The number of rotatable bonds is 8. The van der Waals surface area contributed by atoms with Crippen molar-refractivity contribution in [1.82, 2.24) is 15.1 Å². The van der Waals surface area contributed by atoms with Crippen LogP contribution in [0.2, 0.25) is 0 Å². The van der Waals surface area contributed by atoms with E-state index in [1.54, 1.807) is 0 Å². The van der Waals surface area contributed by atoms with Gasteiger partial charge in [-0.25, -0.2) is 0 Å². The Morgan fingerprint density at radius 3 is 2.89 bits per heavy atom. The summed E-state index contributed by atoms with van der Waals surface area (Å²) in [5.41, 5.74) is 2.78. The highest BCUT2D eigenvalue weighted by Crippen LogP contribution is 2.08. The molecule has 0 aliphatic heterocycles. The lowest BCUT2D eigenvalue weighted by Gasteiger charge is -2.06. The van der Waals surface area contributed by atoms with Crippen molar-refractivity contribution in [3.8, 4) is 0 Å². The van der Waals surface area contributed by atoms with Crippen LogP contribution in [0.4, 0.5) is 0 Å². The first-order valence-electron chi connectivity index (χ1n) is 6.93. The zero-order chi connectivity index (χ0) is 13.4. The Kier molecular flexibility index (Phi) is 6.73. The molecule has 3 nitrogen and oxygen atoms in total. The number of hydrogen-bond donors (Lipinski definition) is 1. The lowest BCUT2D eigenvalue weighted by molar-refractivity contribution is 0.556. The molecule has 0 saturated heterocycles. The smallest absolute Gasteiger partial charge is 0.0492 e. The minimum Gasteiger partial charge on any atom is -0.316 e. The molecule has 0 radical (unpaired) electrons. The van der Waals surface area contributed by atoms with Crippen LogP contribution in [0.1, 0.15) is 39.3 Å². The second kappa shape index (κ2) is 8.09. The summed E-state index contributed by atoms with van der Waals surface area (Å²) in [6, 6.07) is 2.09. The zero-order valence-electron chi connectivity index (χ0n) is 12.2. The van der Waals surface area contributed by atoms with E-state index in [0.29, 0.717) is 0 Å². The number of aryl methyl sites for hydroxylation is 2. The van der Waals surface area contributed by atoms with Gasteiger partial charge in [0.05, 0.1) is 0 Å². The molecule has 102 valence electrons. The zero-order valence-corrected chi connectivity index (χ0v) is 12.2. The van der Waals surface area contributed by atoms with Crippen molar-refractivity contribution < 1.29 is 0 Å². The van der Waals surface area contributed by atoms with Crippen molar-refractivity contribution in [2.24, 2.45) is 13.0 Å². The second-order valence-electron chi connectivity index (χ2n) is 5.38. The van der Waals surface area contributed by atoms with Crippen LogP contribution in [0.3, 0.4) is 0 Å². The SMILES string of the molecule is C/C(=C/CCNCC(C)C)CCc1ccnn1C. The Morgan fingerprint density at radius 2 is 2.28 bits per heavy atom. The molecular formula is C15H27N3. The molecule has 1 aromatic heterocycles. The molecule has 0 atom stereocenters. The Bertz CT molecular complexity index is 364. The summed E-state index contributed by atoms with van der Waals surface area (Å²) < 4.78 is 1.96. The normalized spacial score (nSPS) is 12.4. The minimum atomic E-state index is 0.736. The lowest BCUT2D eigenvalue weighted by Crippen LogP contribution is -2.20. The summed E-state index contributed by atoms with van der Waals surface area (Å²) in [5, 5.41) is 7.65. The van der Waals surface area contributed by atoms with Crippen LogP contribution < -0.4 is 5.32 Å². The molecule has 18 heavy (non-hydrogen) atoms. The van der Waals surface area contributed by atoms with E-state index in [-0.39, 0.29) is 0 Å². The molecule has 3 heteroatoms. The van der Waals surface area contributed by atoms with Crippen molar-refractivity contribution in [2.45, 2.75) is 40.0 Å². The fourth-order valence-corrected chi connectivity index (χ4v) is 1.89. The number of allylic oxidation sites excluding steroid dienone is 1. The van der Waals surface area contributed by atoms with Crippen molar-refractivity contribution in [2.75, 3.05) is 13.1 Å². The van der Waals surface area contributed by atoms with Crippen LogP contribution in [0, 0.1) is 5.92 Å². The fourth-order valence-electron chi connectivity index (χ4n) is 1.89. The van der Waals surface area contributed by atoms with Crippen LogP contribution in [-0.4, -0.2) is 22.9 Å². The van der Waals surface area contributed by atoms with E-state index in [1.807, 2.05) is 17.9 Å². The van der Waals surface area contributed by atoms with E-state index in [1.165, 1.54) is 11.3 Å². The summed E-state index contributed by atoms with van der Waals surface area (Å²) in [6.07, 6.45) is 7.56. The molecule has 0 unspecified atom stereocenters. The maximum Gasteiger partial charge on any atom is 0.0492 e. The number of hydrogen-bond acceptors (Lipinski definition) is 2. The van der Waals surface area contributed by atoms with Crippen molar-refractivity contribution in [3.05, 3.63) is 29.6 Å². The fraction of sp³-hybridized carbons (Fsp3) is 0.667. The summed E-state index contributed by atoms with van der Waals surface area (Å²) in [6.45, 7) is 8.89. The van der Waals surface area contributed by atoms with Crippen LogP contribution in [0.15, 0.2) is 23.9 Å². The summed E-state index contributed by atoms with van der Waals surface area (Å²) >= 11 is 0. The average Bonchev–Trinajstić information content (AvgIpc) is 2.71. The van der Waals surface area contributed by atoms with E-state index in [4.69, 9.17) is 0 Å². The minimum absolute atomic E-state index is 0.736. The van der Waals surface area contributed by atoms with E-state index in [0.717, 1.165) is 38.3 Å². The molecule has 1 N–H and O–H groups in total. The van der Waals surface area contributed by atoms with Crippen LogP contribution >= 0.6 is 0 Å². The number of aromatic nitrogens is 2. The predicted molar refractivity (Wildman–Crippen MR) is 77.6 cm³/mol. The molecule has 0 amide bonds. The first kappa shape index (κ1) is 15.0. The van der Waals surface area contributed by atoms with Gasteiger partial charge in [-0.05, 0) is 51.3 Å². The molecule has 1 heterocycles. The van der Waals surface area contributed by atoms with Crippen LogP contribution in [0.25, 0.3) is 0 Å². The molecule has 1 rings (SSSR count). The van der Waals surface area contributed by atoms with Crippen LogP contribution in [-0.2, 0) is 13.5 Å². The lowest BCUT2D eigenvalue weighted by atomic mass is 10.1. The van der Waals surface area contributed by atoms with Gasteiger partial charge in [0.15, 0.2) is 0 Å². The molecular weight excluding hydrogens is 222 g/mol. The largest absolute Gasteiger partial charge is 0.316 e. The third-order valence-electron chi connectivity index (χ3n) is 3.06. The maximum absolute atomic E-state index is 4.18. The summed E-state index contributed by atoms with van der Waals surface area (Å²) in [7, 11) is 2.00. The van der Waals surface area contributed by atoms with Gasteiger partial charge in [-0.15, -0.1) is 0 Å². The van der Waals surface area contributed by atoms with Gasteiger partial charge >= 0.3 is 0 Å². The Labute approximate surface area is 111 Å². The first-order valence-corrected chi connectivity index (χ1v) is 6.93. The molecule has 0 aliphatic rings. The highest BCUT2D eigenvalue weighted by atomic mass is 15.2. The molecule has 0 bridgehead atoms. The third-order valence-corrected chi connectivity index (χ3v) is 3.06. The highest BCUT2D eigenvalue weighted by molar-refractivity contribution is 5.06. The van der Waals surface area contributed by atoms with Gasteiger partial charge in [0.1, 0.15) is 0 Å². The van der Waals surface area contributed by atoms with Gasteiger partial charge in [-0.3, -0.25) is 4.68 Å². The van der Waals surface area contributed by atoms with Crippen LogP contribution in [0.5, 0.6) is 0 Å².